The number of rotatable bonds is 4. The maximum absolute atomic E-state index is 5.73. The molecule has 1 fully saturated rings. The average molecular weight is 236 g/mol. The Morgan fingerprint density at radius 2 is 2.35 bits per heavy atom. The number of hydrogen-bond donors (Lipinski definition) is 2. The molecule has 3 N–H and O–H groups in total. The van der Waals surface area contributed by atoms with Gasteiger partial charge in [0, 0.05) is 38.1 Å². The molecular formula is C13H20N2O2. The molecule has 1 aromatic carbocycles. The monoisotopic (exact) mass is 236 g/mol. The van der Waals surface area contributed by atoms with Crippen LogP contribution in [0.2, 0.25) is 0 Å². The highest BCUT2D eigenvalue weighted by atomic mass is 16.5. The Morgan fingerprint density at radius 1 is 1.53 bits per heavy atom. The molecule has 0 spiro atoms. The van der Waals surface area contributed by atoms with Gasteiger partial charge in [0.25, 0.3) is 0 Å². The van der Waals surface area contributed by atoms with Crippen LogP contribution in [0.1, 0.15) is 12.0 Å². The molecular weight excluding hydrogens is 216 g/mol. The van der Waals surface area contributed by atoms with Gasteiger partial charge in [0.05, 0.1) is 6.61 Å². The lowest BCUT2D eigenvalue weighted by Crippen LogP contribution is -2.39. The molecule has 0 saturated carbocycles. The number of benzene rings is 1. The summed E-state index contributed by atoms with van der Waals surface area (Å²) in [5.74, 6) is 0. The summed E-state index contributed by atoms with van der Waals surface area (Å²) >= 11 is 0. The van der Waals surface area contributed by atoms with E-state index in [-0.39, 0.29) is 5.60 Å². The Balaban J connectivity index is 2.01. The van der Waals surface area contributed by atoms with Crippen LogP contribution in [0.15, 0.2) is 18.2 Å². The van der Waals surface area contributed by atoms with E-state index in [0.29, 0.717) is 6.61 Å². The van der Waals surface area contributed by atoms with Gasteiger partial charge in [0.15, 0.2) is 0 Å². The van der Waals surface area contributed by atoms with Gasteiger partial charge < -0.3 is 20.5 Å². The molecule has 0 bridgehead atoms. The number of nitrogens with two attached hydrogens (primary N) is 1. The Labute approximate surface area is 102 Å². The van der Waals surface area contributed by atoms with Gasteiger partial charge in [-0.25, -0.2) is 0 Å². The van der Waals surface area contributed by atoms with Crippen molar-refractivity contribution in [3.05, 3.63) is 23.8 Å². The van der Waals surface area contributed by atoms with Gasteiger partial charge in [-0.1, -0.05) is 0 Å². The lowest BCUT2D eigenvalue weighted by molar-refractivity contribution is -0.00620. The summed E-state index contributed by atoms with van der Waals surface area (Å²) in [5.41, 5.74) is 8.58. The smallest absolute Gasteiger partial charge is 0.110 e. The molecule has 1 heterocycles. The Kier molecular flexibility index (Phi) is 3.54. The van der Waals surface area contributed by atoms with Gasteiger partial charge in [-0.2, -0.15) is 0 Å². The first-order chi connectivity index (χ1) is 8.15. The first-order valence-corrected chi connectivity index (χ1v) is 5.88. The SMILES string of the molecule is COC1(CNc2ccc(N)cc2C)CCOC1. The average Bonchev–Trinajstić information content (AvgIpc) is 2.77. The molecule has 0 aromatic heterocycles. The number of nitrogens with one attached hydrogen (secondary N) is 1. The van der Waals surface area contributed by atoms with Crippen LogP contribution in [-0.2, 0) is 9.47 Å². The minimum atomic E-state index is -0.187. The lowest BCUT2D eigenvalue weighted by Gasteiger charge is -2.26. The van der Waals surface area contributed by atoms with Gasteiger partial charge in [0.2, 0.25) is 0 Å². The van der Waals surface area contributed by atoms with Crippen molar-refractivity contribution in [2.75, 3.05) is 37.9 Å². The molecule has 4 heteroatoms. The third-order valence-electron chi connectivity index (χ3n) is 3.35. The number of aryl methyl sites for hydroxylation is 1. The molecule has 2 rings (SSSR count). The fourth-order valence-electron chi connectivity index (χ4n) is 2.10. The molecule has 17 heavy (non-hydrogen) atoms. The summed E-state index contributed by atoms with van der Waals surface area (Å²) < 4.78 is 11.0. The number of hydrogen-bond acceptors (Lipinski definition) is 4. The van der Waals surface area contributed by atoms with Gasteiger partial charge >= 0.3 is 0 Å². The summed E-state index contributed by atoms with van der Waals surface area (Å²) in [6.45, 7) is 4.23. The highest BCUT2D eigenvalue weighted by Gasteiger charge is 2.34. The van der Waals surface area contributed by atoms with Crippen LogP contribution < -0.4 is 11.1 Å². The van der Waals surface area contributed by atoms with Crippen LogP contribution >= 0.6 is 0 Å². The number of methoxy groups -OCH3 is 1. The highest BCUT2D eigenvalue weighted by Crippen LogP contribution is 2.24. The predicted molar refractivity (Wildman–Crippen MR) is 69.3 cm³/mol. The van der Waals surface area contributed by atoms with Crippen molar-refractivity contribution in [2.45, 2.75) is 18.9 Å². The first-order valence-electron chi connectivity index (χ1n) is 5.88. The van der Waals surface area contributed by atoms with E-state index < -0.39 is 0 Å². The molecule has 1 unspecified atom stereocenters. The minimum absolute atomic E-state index is 0.187. The highest BCUT2D eigenvalue weighted by molar-refractivity contribution is 5.57. The second-order valence-corrected chi connectivity index (χ2v) is 4.62. The van der Waals surface area contributed by atoms with E-state index in [1.54, 1.807) is 7.11 Å². The van der Waals surface area contributed by atoms with Gasteiger partial charge in [-0.15, -0.1) is 0 Å². The van der Waals surface area contributed by atoms with E-state index in [0.717, 1.165) is 36.5 Å². The summed E-state index contributed by atoms with van der Waals surface area (Å²) in [6.07, 6.45) is 0.935. The van der Waals surface area contributed by atoms with Gasteiger partial charge in [0.1, 0.15) is 5.60 Å². The zero-order valence-corrected chi connectivity index (χ0v) is 10.5. The van der Waals surface area contributed by atoms with E-state index in [1.165, 1.54) is 0 Å². The quantitative estimate of drug-likeness (QED) is 0.783. The van der Waals surface area contributed by atoms with Crippen molar-refractivity contribution >= 4 is 11.4 Å². The summed E-state index contributed by atoms with van der Waals surface area (Å²) in [5, 5.41) is 3.41. The van der Waals surface area contributed by atoms with Crippen molar-refractivity contribution in [1.29, 1.82) is 0 Å². The van der Waals surface area contributed by atoms with E-state index in [9.17, 15) is 0 Å². The molecule has 1 aliphatic heterocycles. The summed E-state index contributed by atoms with van der Waals surface area (Å²) in [4.78, 5) is 0. The third kappa shape index (κ3) is 2.70. The molecule has 1 aliphatic rings. The lowest BCUT2D eigenvalue weighted by atomic mass is 10.0. The fourth-order valence-corrected chi connectivity index (χ4v) is 2.10. The van der Waals surface area contributed by atoms with E-state index in [1.807, 2.05) is 25.1 Å². The Morgan fingerprint density at radius 3 is 2.94 bits per heavy atom. The van der Waals surface area contributed by atoms with E-state index in [2.05, 4.69) is 5.32 Å². The minimum Gasteiger partial charge on any atom is -0.399 e. The maximum Gasteiger partial charge on any atom is 0.110 e. The normalized spacial score (nSPS) is 23.9. The Hall–Kier alpha value is -1.26. The molecule has 0 radical (unpaired) electrons. The molecule has 0 aliphatic carbocycles. The maximum atomic E-state index is 5.73. The van der Waals surface area contributed by atoms with Crippen molar-refractivity contribution in [3.63, 3.8) is 0 Å². The fraction of sp³-hybridized carbons (Fsp3) is 0.538. The standard InChI is InChI=1S/C13H20N2O2/c1-10-7-11(14)3-4-12(10)15-8-13(16-2)5-6-17-9-13/h3-4,7,15H,5-6,8-9,14H2,1-2H3. The van der Waals surface area contributed by atoms with Crippen molar-refractivity contribution in [2.24, 2.45) is 0 Å². The molecule has 94 valence electrons. The van der Waals surface area contributed by atoms with Crippen LogP contribution in [0.5, 0.6) is 0 Å². The molecule has 4 nitrogen and oxygen atoms in total. The first kappa shape index (κ1) is 12.2. The number of anilines is 2. The van der Waals surface area contributed by atoms with Crippen LogP contribution in [0.3, 0.4) is 0 Å². The number of nitrogen functional groups attached to an aromatic ring is 1. The van der Waals surface area contributed by atoms with E-state index >= 15 is 0 Å². The van der Waals surface area contributed by atoms with Crippen LogP contribution in [0, 0.1) is 6.92 Å². The second kappa shape index (κ2) is 4.94. The van der Waals surface area contributed by atoms with Crippen LogP contribution in [0.25, 0.3) is 0 Å². The zero-order valence-electron chi connectivity index (χ0n) is 10.5. The van der Waals surface area contributed by atoms with Crippen LogP contribution in [-0.4, -0.2) is 32.5 Å². The molecule has 1 saturated heterocycles. The Bertz CT molecular complexity index is 387. The largest absolute Gasteiger partial charge is 0.399 e. The molecule has 0 amide bonds. The summed E-state index contributed by atoms with van der Waals surface area (Å²) in [6, 6.07) is 5.87. The van der Waals surface area contributed by atoms with Gasteiger partial charge in [-0.05, 0) is 30.7 Å². The third-order valence-corrected chi connectivity index (χ3v) is 3.35. The van der Waals surface area contributed by atoms with Gasteiger partial charge in [-0.3, -0.25) is 0 Å². The molecule has 1 aromatic rings. The molecule has 1 atom stereocenters. The van der Waals surface area contributed by atoms with Crippen molar-refractivity contribution in [1.82, 2.24) is 0 Å². The summed E-state index contributed by atoms with van der Waals surface area (Å²) in [7, 11) is 1.74. The topological polar surface area (TPSA) is 56.5 Å². The second-order valence-electron chi connectivity index (χ2n) is 4.62. The number of ether oxygens (including phenoxy) is 2. The van der Waals surface area contributed by atoms with Crippen molar-refractivity contribution < 1.29 is 9.47 Å². The predicted octanol–water partition coefficient (Wildman–Crippen LogP) is 1.79. The zero-order chi connectivity index (χ0) is 12.3. The van der Waals surface area contributed by atoms with E-state index in [4.69, 9.17) is 15.2 Å². The van der Waals surface area contributed by atoms with Crippen molar-refractivity contribution in [3.8, 4) is 0 Å². The van der Waals surface area contributed by atoms with Crippen LogP contribution in [0.4, 0.5) is 11.4 Å².